The monoisotopic (exact) mass is 344 g/mol. The summed E-state index contributed by atoms with van der Waals surface area (Å²) in [7, 11) is -3.93. The van der Waals surface area contributed by atoms with E-state index in [1.807, 2.05) is 0 Å². The summed E-state index contributed by atoms with van der Waals surface area (Å²) in [6, 6.07) is 9.22. The molecule has 0 spiro atoms. The Labute approximate surface area is 131 Å². The van der Waals surface area contributed by atoms with Crippen molar-refractivity contribution >= 4 is 44.5 Å². The van der Waals surface area contributed by atoms with Crippen molar-refractivity contribution in [3.63, 3.8) is 0 Å². The van der Waals surface area contributed by atoms with E-state index in [4.69, 9.17) is 29.6 Å². The van der Waals surface area contributed by atoms with Crippen molar-refractivity contribution in [2.45, 2.75) is 4.90 Å². The largest absolute Gasteiger partial charge is 0.389 e. The van der Waals surface area contributed by atoms with Crippen molar-refractivity contribution in [1.29, 1.82) is 0 Å². The van der Waals surface area contributed by atoms with Crippen LogP contribution >= 0.6 is 23.8 Å². The van der Waals surface area contributed by atoms with Crippen molar-refractivity contribution in [2.24, 2.45) is 5.73 Å². The molecular weight excluding hydrogens is 335 g/mol. The van der Waals surface area contributed by atoms with Crippen LogP contribution in [0.2, 0.25) is 5.02 Å². The van der Waals surface area contributed by atoms with Gasteiger partial charge in [0.25, 0.3) is 10.0 Å². The highest BCUT2D eigenvalue weighted by Gasteiger charge is 2.16. The Bertz CT molecular complexity index is 792. The fourth-order valence-electron chi connectivity index (χ4n) is 1.58. The van der Waals surface area contributed by atoms with Crippen molar-refractivity contribution in [2.75, 3.05) is 4.72 Å². The fourth-order valence-corrected chi connectivity index (χ4v) is 2.94. The van der Waals surface area contributed by atoms with Gasteiger partial charge in [0.1, 0.15) is 10.8 Å². The number of rotatable bonds is 4. The summed E-state index contributed by atoms with van der Waals surface area (Å²) in [5.41, 5.74) is 5.75. The molecule has 4 nitrogen and oxygen atoms in total. The smallest absolute Gasteiger partial charge is 0.261 e. The zero-order chi connectivity index (χ0) is 15.6. The van der Waals surface area contributed by atoms with Gasteiger partial charge in [-0.15, -0.1) is 0 Å². The summed E-state index contributed by atoms with van der Waals surface area (Å²) < 4.78 is 40.0. The number of benzene rings is 2. The highest BCUT2D eigenvalue weighted by molar-refractivity contribution is 7.92. The van der Waals surface area contributed by atoms with Gasteiger partial charge in [-0.1, -0.05) is 36.0 Å². The summed E-state index contributed by atoms with van der Waals surface area (Å²) in [4.78, 5) is 0.120. The number of nitrogens with one attached hydrogen (secondary N) is 1. The Morgan fingerprint density at radius 2 is 1.81 bits per heavy atom. The molecule has 0 saturated carbocycles. The molecule has 0 radical (unpaired) electrons. The average Bonchev–Trinajstić information content (AvgIpc) is 2.43. The maximum Gasteiger partial charge on any atom is 0.261 e. The molecule has 0 aliphatic heterocycles. The number of sulfonamides is 1. The first kappa shape index (κ1) is 15.7. The van der Waals surface area contributed by atoms with E-state index in [0.717, 1.165) is 6.07 Å². The molecule has 0 atom stereocenters. The van der Waals surface area contributed by atoms with E-state index in [0.29, 0.717) is 5.56 Å². The molecule has 0 aliphatic carbocycles. The van der Waals surface area contributed by atoms with Crippen LogP contribution in [0.1, 0.15) is 5.56 Å². The third kappa shape index (κ3) is 3.69. The normalized spacial score (nSPS) is 11.1. The lowest BCUT2D eigenvalue weighted by Crippen LogP contribution is -2.15. The molecule has 21 heavy (non-hydrogen) atoms. The van der Waals surface area contributed by atoms with Crippen molar-refractivity contribution in [3.8, 4) is 0 Å². The summed E-state index contributed by atoms with van der Waals surface area (Å²) in [6.45, 7) is 0. The number of halogens is 2. The van der Waals surface area contributed by atoms with Crippen LogP contribution in [-0.2, 0) is 10.0 Å². The minimum atomic E-state index is -3.93. The van der Waals surface area contributed by atoms with Crippen LogP contribution in [0.3, 0.4) is 0 Å². The Balaban J connectivity index is 2.34. The van der Waals surface area contributed by atoms with Crippen LogP contribution in [0.4, 0.5) is 10.1 Å². The lowest BCUT2D eigenvalue weighted by atomic mass is 10.2. The van der Waals surface area contributed by atoms with E-state index >= 15 is 0 Å². The van der Waals surface area contributed by atoms with Crippen LogP contribution in [0.15, 0.2) is 47.4 Å². The first-order chi connectivity index (χ1) is 9.79. The van der Waals surface area contributed by atoms with Crippen LogP contribution in [0.5, 0.6) is 0 Å². The lowest BCUT2D eigenvalue weighted by molar-refractivity contribution is 0.598. The first-order valence-electron chi connectivity index (χ1n) is 5.67. The second-order valence-electron chi connectivity index (χ2n) is 4.12. The van der Waals surface area contributed by atoms with E-state index in [-0.39, 0.29) is 20.6 Å². The minimum Gasteiger partial charge on any atom is -0.389 e. The molecule has 3 N–H and O–H groups in total. The third-order valence-electron chi connectivity index (χ3n) is 2.62. The van der Waals surface area contributed by atoms with E-state index in [2.05, 4.69) is 4.72 Å². The topological polar surface area (TPSA) is 72.2 Å². The molecule has 0 unspecified atom stereocenters. The fraction of sp³-hybridized carbons (Fsp3) is 0. The second kappa shape index (κ2) is 5.97. The molecule has 2 aromatic rings. The van der Waals surface area contributed by atoms with Gasteiger partial charge in [0.15, 0.2) is 0 Å². The molecule has 0 saturated heterocycles. The maximum atomic E-state index is 13.6. The number of hydrogen-bond acceptors (Lipinski definition) is 3. The summed E-state index contributed by atoms with van der Waals surface area (Å²) >= 11 is 10.5. The van der Waals surface area contributed by atoms with Crippen molar-refractivity contribution < 1.29 is 12.8 Å². The van der Waals surface area contributed by atoms with Crippen LogP contribution in [-0.4, -0.2) is 13.4 Å². The molecule has 2 rings (SSSR count). The minimum absolute atomic E-state index is 0.0399. The van der Waals surface area contributed by atoms with Gasteiger partial charge in [-0.2, -0.15) is 0 Å². The molecule has 0 bridgehead atoms. The summed E-state index contributed by atoms with van der Waals surface area (Å²) in [6.07, 6.45) is 0. The van der Waals surface area contributed by atoms with Gasteiger partial charge >= 0.3 is 0 Å². The van der Waals surface area contributed by atoms with E-state index in [1.54, 1.807) is 0 Å². The summed E-state index contributed by atoms with van der Waals surface area (Å²) in [5.74, 6) is -0.720. The highest BCUT2D eigenvalue weighted by atomic mass is 35.5. The summed E-state index contributed by atoms with van der Waals surface area (Å²) in [5, 5.41) is 0.220. The standard InChI is InChI=1S/C13H10ClFN2O2S2/c14-9-3-6-11(15)12(7-9)17-21(18,19)10-4-1-8(2-5-10)13(16)20/h1-7,17H,(H2,16,20). The molecule has 0 amide bonds. The molecule has 0 aromatic heterocycles. The van der Waals surface area contributed by atoms with Gasteiger partial charge in [0.05, 0.1) is 10.6 Å². The van der Waals surface area contributed by atoms with Gasteiger partial charge in [0.2, 0.25) is 0 Å². The predicted octanol–water partition coefficient (Wildman–Crippen LogP) is 2.91. The molecule has 110 valence electrons. The first-order valence-corrected chi connectivity index (χ1v) is 7.94. The van der Waals surface area contributed by atoms with Crippen LogP contribution < -0.4 is 10.5 Å². The highest BCUT2D eigenvalue weighted by Crippen LogP contribution is 2.23. The lowest BCUT2D eigenvalue weighted by Gasteiger charge is -2.09. The van der Waals surface area contributed by atoms with Gasteiger partial charge in [-0.05, 0) is 30.3 Å². The molecule has 8 heteroatoms. The Kier molecular flexibility index (Phi) is 4.46. The third-order valence-corrected chi connectivity index (χ3v) is 4.47. The number of thiocarbonyl (C=S) groups is 1. The number of nitrogens with two attached hydrogens (primary N) is 1. The van der Waals surface area contributed by atoms with E-state index in [9.17, 15) is 12.8 Å². The SMILES string of the molecule is NC(=S)c1ccc(S(=O)(=O)Nc2cc(Cl)ccc2F)cc1. The van der Waals surface area contributed by atoms with Gasteiger partial charge in [-0.25, -0.2) is 12.8 Å². The maximum absolute atomic E-state index is 13.6. The molecule has 0 heterocycles. The quantitative estimate of drug-likeness (QED) is 0.836. The zero-order valence-electron chi connectivity index (χ0n) is 10.5. The number of hydrogen-bond donors (Lipinski definition) is 2. The van der Waals surface area contributed by atoms with Crippen LogP contribution in [0, 0.1) is 5.82 Å². The Morgan fingerprint density at radius 3 is 2.38 bits per heavy atom. The van der Waals surface area contributed by atoms with Crippen LogP contribution in [0.25, 0.3) is 0 Å². The number of anilines is 1. The van der Waals surface area contributed by atoms with Crippen molar-refractivity contribution in [1.82, 2.24) is 0 Å². The Hall–Kier alpha value is -1.70. The molecule has 0 fully saturated rings. The van der Waals surface area contributed by atoms with E-state index < -0.39 is 15.8 Å². The molecular formula is C13H10ClFN2O2S2. The van der Waals surface area contributed by atoms with Gasteiger partial charge in [0, 0.05) is 10.6 Å². The Morgan fingerprint density at radius 1 is 1.19 bits per heavy atom. The molecule has 2 aromatic carbocycles. The average molecular weight is 345 g/mol. The van der Waals surface area contributed by atoms with Crippen molar-refractivity contribution in [3.05, 3.63) is 58.9 Å². The van der Waals surface area contributed by atoms with Gasteiger partial charge in [-0.3, -0.25) is 4.72 Å². The molecule has 0 aliphatic rings. The predicted molar refractivity (Wildman–Crippen MR) is 84.5 cm³/mol. The second-order valence-corrected chi connectivity index (χ2v) is 6.68. The zero-order valence-corrected chi connectivity index (χ0v) is 12.9. The van der Waals surface area contributed by atoms with Gasteiger partial charge < -0.3 is 5.73 Å². The van der Waals surface area contributed by atoms with E-state index in [1.165, 1.54) is 36.4 Å².